The summed E-state index contributed by atoms with van der Waals surface area (Å²) >= 11 is 0. The molecule has 1 saturated carbocycles. The highest BCUT2D eigenvalue weighted by Crippen LogP contribution is 2.35. The Labute approximate surface area is 187 Å². The average molecular weight is 484 g/mol. The Morgan fingerprint density at radius 2 is 1.76 bits per heavy atom. The molecule has 0 saturated heterocycles. The fourth-order valence-electron chi connectivity index (χ4n) is 3.19. The maximum Gasteiger partial charge on any atom is 0.407 e. The Bertz CT molecular complexity index is 1130. The number of hydrogen-bond acceptors (Lipinski definition) is 6. The van der Waals surface area contributed by atoms with Gasteiger partial charge >= 0.3 is 6.18 Å². The lowest BCUT2D eigenvalue weighted by Gasteiger charge is -2.28. The number of rotatable bonds is 9. The average Bonchev–Trinajstić information content (AvgIpc) is 3.51. The van der Waals surface area contributed by atoms with Crippen LogP contribution in [0.15, 0.2) is 48.8 Å². The Morgan fingerprint density at radius 1 is 1.15 bits per heavy atom. The van der Waals surface area contributed by atoms with Crippen molar-refractivity contribution in [1.82, 2.24) is 15.6 Å². The van der Waals surface area contributed by atoms with Gasteiger partial charge in [-0.05, 0) is 48.2 Å². The molecular weight excluding hydrogens is 464 g/mol. The zero-order chi connectivity index (χ0) is 24.3. The van der Waals surface area contributed by atoms with Gasteiger partial charge in [0.2, 0.25) is 5.91 Å². The number of carbonyl (C=O) groups excluding carboxylic acids is 1. The van der Waals surface area contributed by atoms with E-state index in [4.69, 9.17) is 0 Å². The molecule has 1 aromatic carbocycles. The van der Waals surface area contributed by atoms with Gasteiger partial charge in [-0.1, -0.05) is 12.1 Å². The smallest absolute Gasteiger partial charge is 0.336 e. The monoisotopic (exact) mass is 484 g/mol. The van der Waals surface area contributed by atoms with E-state index in [1.165, 1.54) is 24.5 Å². The first-order chi connectivity index (χ1) is 15.4. The van der Waals surface area contributed by atoms with Crippen molar-refractivity contribution in [2.75, 3.05) is 5.75 Å². The van der Waals surface area contributed by atoms with Gasteiger partial charge in [0.1, 0.15) is 23.4 Å². The van der Waals surface area contributed by atoms with Gasteiger partial charge in [0, 0.05) is 12.4 Å². The number of nitrogens with zero attached hydrogens (tertiary/aromatic N) is 2. The topological polar surface area (TPSA) is 112 Å². The summed E-state index contributed by atoms with van der Waals surface area (Å²) in [5.74, 6) is -3.25. The van der Waals surface area contributed by atoms with Crippen molar-refractivity contribution >= 4 is 15.7 Å². The van der Waals surface area contributed by atoms with Crippen LogP contribution in [0.2, 0.25) is 0 Å². The highest BCUT2D eigenvalue weighted by atomic mass is 32.2. The third-order valence-corrected chi connectivity index (χ3v) is 6.71. The van der Waals surface area contributed by atoms with E-state index in [1.807, 2.05) is 6.07 Å². The molecule has 33 heavy (non-hydrogen) atoms. The molecule has 12 heteroatoms. The predicted octanol–water partition coefficient (Wildman–Crippen LogP) is 2.57. The van der Waals surface area contributed by atoms with Gasteiger partial charge < -0.3 is 5.32 Å². The zero-order valence-electron chi connectivity index (χ0n) is 17.1. The number of pyridine rings is 1. The van der Waals surface area contributed by atoms with Crippen molar-refractivity contribution in [3.05, 3.63) is 65.7 Å². The molecule has 1 fully saturated rings. The van der Waals surface area contributed by atoms with E-state index in [2.05, 4.69) is 15.6 Å². The summed E-state index contributed by atoms with van der Waals surface area (Å²) in [6.45, 7) is 0. The summed E-state index contributed by atoms with van der Waals surface area (Å²) in [5, 5.41) is 13.6. The molecule has 0 spiro atoms. The van der Waals surface area contributed by atoms with E-state index < -0.39 is 62.4 Å². The summed E-state index contributed by atoms with van der Waals surface area (Å²) < 4.78 is 80.2. The van der Waals surface area contributed by atoms with Crippen LogP contribution in [0.25, 0.3) is 0 Å². The van der Waals surface area contributed by atoms with Crippen LogP contribution in [0.3, 0.4) is 0 Å². The largest absolute Gasteiger partial charge is 0.407 e. The Kier molecular flexibility index (Phi) is 7.04. The van der Waals surface area contributed by atoms with Crippen LogP contribution >= 0.6 is 0 Å². The minimum Gasteiger partial charge on any atom is -0.336 e. The number of aromatic nitrogens is 1. The molecule has 7 nitrogen and oxygen atoms in total. The molecule has 176 valence electrons. The zero-order valence-corrected chi connectivity index (χ0v) is 18.0. The molecule has 3 rings (SSSR count). The van der Waals surface area contributed by atoms with Gasteiger partial charge in [-0.2, -0.15) is 18.4 Å². The van der Waals surface area contributed by atoms with Gasteiger partial charge in [-0.25, -0.2) is 12.8 Å². The third-order valence-electron chi connectivity index (χ3n) is 5.10. The normalized spacial score (nSPS) is 16.9. The van der Waals surface area contributed by atoms with Gasteiger partial charge in [-0.3, -0.25) is 15.1 Å². The van der Waals surface area contributed by atoms with Gasteiger partial charge in [-0.15, -0.1) is 0 Å². The second-order valence-electron chi connectivity index (χ2n) is 7.84. The van der Waals surface area contributed by atoms with Gasteiger partial charge in [0.05, 0.1) is 17.6 Å². The molecule has 1 aromatic heterocycles. The molecule has 2 atom stereocenters. The Balaban J connectivity index is 1.89. The Hall–Kier alpha value is -3.04. The molecular formula is C21H20F4N4O3S. The maximum absolute atomic E-state index is 13.8. The SMILES string of the molecule is N#CC1(NC(=O)[C@H](CS(=O)(=O)Cc2ccncc2)N[C@@H](c2ccc(F)cc2)C(F)(F)F)CC1. The fourth-order valence-corrected chi connectivity index (χ4v) is 4.77. The van der Waals surface area contributed by atoms with Crippen molar-refractivity contribution in [2.45, 2.75) is 42.4 Å². The minimum absolute atomic E-state index is 0.312. The van der Waals surface area contributed by atoms with Crippen LogP contribution < -0.4 is 10.6 Å². The fraction of sp³-hybridized carbons (Fsp3) is 0.381. The molecule has 0 unspecified atom stereocenters. The molecule has 1 aliphatic carbocycles. The number of halogens is 4. The van der Waals surface area contributed by atoms with Crippen molar-refractivity contribution in [2.24, 2.45) is 0 Å². The van der Waals surface area contributed by atoms with E-state index in [9.17, 15) is 36.0 Å². The van der Waals surface area contributed by atoms with E-state index in [0.29, 0.717) is 18.4 Å². The summed E-state index contributed by atoms with van der Waals surface area (Å²) in [6.07, 6.45) is -1.56. The molecule has 2 N–H and O–H groups in total. The first-order valence-corrected chi connectivity index (χ1v) is 11.7. The standard InChI is InChI=1S/C21H20F4N4O3S/c22-16-3-1-15(2-4-16)18(21(23,24)25)28-17(19(30)29-20(13-26)7-8-20)12-33(31,32)11-14-5-9-27-10-6-14/h1-6,9-10,17-18,28H,7-8,11-12H2,(H,29,30)/t17-,18-/m0/s1. The van der Waals surface area contributed by atoms with Crippen LogP contribution in [0, 0.1) is 17.1 Å². The lowest BCUT2D eigenvalue weighted by atomic mass is 10.0. The number of sulfone groups is 1. The first-order valence-electron chi connectivity index (χ1n) is 9.84. The number of carbonyl (C=O) groups is 1. The molecule has 1 heterocycles. The molecule has 1 amide bonds. The van der Waals surface area contributed by atoms with Crippen molar-refractivity contribution < 1.29 is 30.8 Å². The van der Waals surface area contributed by atoms with Crippen molar-refractivity contribution in [3.8, 4) is 6.07 Å². The van der Waals surface area contributed by atoms with Crippen LogP contribution in [0.4, 0.5) is 17.6 Å². The number of benzene rings is 1. The molecule has 0 radical (unpaired) electrons. The summed E-state index contributed by atoms with van der Waals surface area (Å²) in [6, 6.07) is 3.96. The van der Waals surface area contributed by atoms with Crippen molar-refractivity contribution in [1.29, 1.82) is 5.26 Å². The van der Waals surface area contributed by atoms with E-state index in [-0.39, 0.29) is 0 Å². The van der Waals surface area contributed by atoms with Gasteiger partial charge in [0.25, 0.3) is 0 Å². The predicted molar refractivity (Wildman–Crippen MR) is 110 cm³/mol. The van der Waals surface area contributed by atoms with E-state index >= 15 is 0 Å². The second kappa shape index (κ2) is 9.44. The molecule has 0 bridgehead atoms. The number of amides is 1. The minimum atomic E-state index is -4.92. The quantitative estimate of drug-likeness (QED) is 0.529. The summed E-state index contributed by atoms with van der Waals surface area (Å²) in [7, 11) is -4.06. The lowest BCUT2D eigenvalue weighted by molar-refractivity contribution is -0.160. The number of nitrogens with one attached hydrogen (secondary N) is 2. The maximum atomic E-state index is 13.8. The van der Waals surface area contributed by atoms with Crippen LogP contribution in [-0.4, -0.2) is 42.8 Å². The Morgan fingerprint density at radius 3 is 2.27 bits per heavy atom. The summed E-state index contributed by atoms with van der Waals surface area (Å²) in [4.78, 5) is 16.6. The first kappa shape index (κ1) is 24.6. The lowest BCUT2D eigenvalue weighted by Crippen LogP contribution is -2.54. The molecule has 2 aromatic rings. The van der Waals surface area contributed by atoms with Gasteiger partial charge in [0.15, 0.2) is 9.84 Å². The third kappa shape index (κ3) is 6.72. The highest BCUT2D eigenvalue weighted by molar-refractivity contribution is 7.90. The van der Waals surface area contributed by atoms with Crippen LogP contribution in [-0.2, 0) is 20.4 Å². The van der Waals surface area contributed by atoms with Crippen LogP contribution in [0.5, 0.6) is 0 Å². The second-order valence-corrected chi connectivity index (χ2v) is 9.95. The number of alkyl halides is 3. The summed E-state index contributed by atoms with van der Waals surface area (Å²) in [5.41, 5.74) is -1.25. The van der Waals surface area contributed by atoms with Crippen LogP contribution in [0.1, 0.15) is 30.0 Å². The molecule has 0 aliphatic heterocycles. The number of nitriles is 1. The van der Waals surface area contributed by atoms with E-state index in [1.54, 1.807) is 0 Å². The van der Waals surface area contributed by atoms with Crippen molar-refractivity contribution in [3.63, 3.8) is 0 Å². The molecule has 1 aliphatic rings. The number of hydrogen-bond donors (Lipinski definition) is 2. The highest BCUT2D eigenvalue weighted by Gasteiger charge is 2.48. The van der Waals surface area contributed by atoms with E-state index in [0.717, 1.165) is 24.3 Å².